The molecular weight excluding hydrogens is 308 g/mol. The van der Waals surface area contributed by atoms with Crippen LogP contribution in [-0.4, -0.2) is 23.8 Å². The van der Waals surface area contributed by atoms with Crippen molar-refractivity contribution >= 4 is 17.7 Å². The quantitative estimate of drug-likeness (QED) is 0.733. The van der Waals surface area contributed by atoms with E-state index in [1.165, 1.54) is 24.3 Å². The first-order chi connectivity index (χ1) is 11.4. The van der Waals surface area contributed by atoms with E-state index < -0.39 is 12.0 Å². The maximum atomic E-state index is 11.8. The first-order valence-corrected chi connectivity index (χ1v) is 7.46. The van der Waals surface area contributed by atoms with E-state index in [0.29, 0.717) is 5.69 Å². The van der Waals surface area contributed by atoms with Crippen molar-refractivity contribution in [2.75, 3.05) is 12.0 Å². The number of amides is 2. The molecular formula is C18H20N2O4. The van der Waals surface area contributed by atoms with Gasteiger partial charge in [0.05, 0.1) is 5.56 Å². The minimum Gasteiger partial charge on any atom is -0.478 e. The Hall–Kier alpha value is -3.02. The highest BCUT2D eigenvalue weighted by Crippen LogP contribution is 2.25. The maximum absolute atomic E-state index is 11.8. The first kappa shape index (κ1) is 17.3. The van der Waals surface area contributed by atoms with Crippen LogP contribution in [0.15, 0.2) is 36.4 Å². The molecule has 0 bridgehead atoms. The van der Waals surface area contributed by atoms with Crippen molar-refractivity contribution in [1.29, 1.82) is 0 Å². The second kappa shape index (κ2) is 7.50. The number of rotatable bonds is 5. The molecule has 3 N–H and O–H groups in total. The minimum atomic E-state index is -1.01. The van der Waals surface area contributed by atoms with Gasteiger partial charge in [-0.05, 0) is 61.7 Å². The van der Waals surface area contributed by atoms with E-state index in [4.69, 9.17) is 9.84 Å². The van der Waals surface area contributed by atoms with E-state index in [2.05, 4.69) is 10.6 Å². The van der Waals surface area contributed by atoms with E-state index in [9.17, 15) is 9.59 Å². The Morgan fingerprint density at radius 2 is 1.62 bits per heavy atom. The molecule has 24 heavy (non-hydrogen) atoms. The number of carbonyl (C=O) groups is 2. The summed E-state index contributed by atoms with van der Waals surface area (Å²) in [7, 11) is 0. The molecule has 0 saturated heterocycles. The number of ether oxygens (including phenoxy) is 1. The summed E-state index contributed by atoms with van der Waals surface area (Å²) in [6.07, 6.45) is 0. The SMILES string of the molecule is Cc1ccc(C)c(OCNC(=O)Nc2ccc(C(=O)O)cc2)c1C. The topological polar surface area (TPSA) is 87.7 Å². The van der Waals surface area contributed by atoms with Crippen molar-refractivity contribution in [1.82, 2.24) is 5.32 Å². The Kier molecular flexibility index (Phi) is 5.42. The van der Waals surface area contributed by atoms with Crippen LogP contribution in [0.25, 0.3) is 0 Å². The highest BCUT2D eigenvalue weighted by Gasteiger charge is 2.08. The van der Waals surface area contributed by atoms with Crippen LogP contribution in [-0.2, 0) is 0 Å². The molecule has 0 spiro atoms. The highest BCUT2D eigenvalue weighted by molar-refractivity contribution is 5.91. The van der Waals surface area contributed by atoms with Crippen molar-refractivity contribution in [3.8, 4) is 5.75 Å². The van der Waals surface area contributed by atoms with E-state index >= 15 is 0 Å². The average Bonchev–Trinajstić information content (AvgIpc) is 2.55. The van der Waals surface area contributed by atoms with Gasteiger partial charge < -0.3 is 20.5 Å². The molecule has 6 nitrogen and oxygen atoms in total. The fourth-order valence-corrected chi connectivity index (χ4v) is 2.19. The lowest BCUT2D eigenvalue weighted by atomic mass is 10.1. The monoisotopic (exact) mass is 328 g/mol. The Morgan fingerprint density at radius 3 is 2.25 bits per heavy atom. The number of benzene rings is 2. The minimum absolute atomic E-state index is 0.0319. The lowest BCUT2D eigenvalue weighted by Gasteiger charge is -2.14. The molecule has 0 atom stereocenters. The van der Waals surface area contributed by atoms with Gasteiger partial charge >= 0.3 is 12.0 Å². The van der Waals surface area contributed by atoms with Crippen LogP contribution < -0.4 is 15.4 Å². The van der Waals surface area contributed by atoms with Crippen LogP contribution in [0.1, 0.15) is 27.0 Å². The molecule has 0 radical (unpaired) electrons. The molecule has 2 amide bonds. The first-order valence-electron chi connectivity index (χ1n) is 7.46. The normalized spacial score (nSPS) is 10.1. The lowest BCUT2D eigenvalue weighted by molar-refractivity contribution is 0.0697. The van der Waals surface area contributed by atoms with Crippen LogP contribution in [0, 0.1) is 20.8 Å². The van der Waals surface area contributed by atoms with Gasteiger partial charge in [0, 0.05) is 5.69 Å². The smallest absolute Gasteiger partial charge is 0.335 e. The van der Waals surface area contributed by atoms with Gasteiger partial charge in [0.15, 0.2) is 6.73 Å². The Balaban J connectivity index is 1.88. The number of urea groups is 1. The van der Waals surface area contributed by atoms with Gasteiger partial charge in [-0.1, -0.05) is 12.1 Å². The van der Waals surface area contributed by atoms with E-state index in [0.717, 1.165) is 22.4 Å². The van der Waals surface area contributed by atoms with Gasteiger partial charge in [0.25, 0.3) is 0 Å². The zero-order valence-corrected chi connectivity index (χ0v) is 13.8. The molecule has 6 heteroatoms. The van der Waals surface area contributed by atoms with Crippen molar-refractivity contribution in [2.24, 2.45) is 0 Å². The number of nitrogens with one attached hydrogen (secondary N) is 2. The number of anilines is 1. The van der Waals surface area contributed by atoms with Crippen molar-refractivity contribution in [3.63, 3.8) is 0 Å². The molecule has 2 aromatic rings. The molecule has 2 rings (SSSR count). The fourth-order valence-electron chi connectivity index (χ4n) is 2.19. The summed E-state index contributed by atoms with van der Waals surface area (Å²) < 4.78 is 5.66. The van der Waals surface area contributed by atoms with Gasteiger partial charge in [-0.15, -0.1) is 0 Å². The molecule has 0 fully saturated rings. The number of hydrogen-bond donors (Lipinski definition) is 3. The highest BCUT2D eigenvalue weighted by atomic mass is 16.5. The lowest BCUT2D eigenvalue weighted by Crippen LogP contribution is -2.32. The maximum Gasteiger partial charge on any atom is 0.335 e. The molecule has 0 aliphatic carbocycles. The summed E-state index contributed by atoms with van der Waals surface area (Å²) in [4.78, 5) is 22.6. The average molecular weight is 328 g/mol. The van der Waals surface area contributed by atoms with Crippen LogP contribution in [0.3, 0.4) is 0 Å². The summed E-state index contributed by atoms with van der Waals surface area (Å²) in [6, 6.07) is 9.47. The number of carboxylic acid groups (broad SMARTS) is 1. The van der Waals surface area contributed by atoms with Crippen LogP contribution in [0.4, 0.5) is 10.5 Å². The predicted molar refractivity (Wildman–Crippen MR) is 91.7 cm³/mol. The van der Waals surface area contributed by atoms with Crippen molar-refractivity contribution in [2.45, 2.75) is 20.8 Å². The van der Waals surface area contributed by atoms with Gasteiger partial charge in [0.1, 0.15) is 5.75 Å². The third-order valence-corrected chi connectivity index (χ3v) is 3.71. The molecule has 0 aliphatic heterocycles. The molecule has 0 unspecified atom stereocenters. The van der Waals surface area contributed by atoms with Crippen LogP contribution in [0.5, 0.6) is 5.75 Å². The molecule has 0 aliphatic rings. The summed E-state index contributed by atoms with van der Waals surface area (Å²) in [5, 5.41) is 14.0. The summed E-state index contributed by atoms with van der Waals surface area (Å²) in [5.41, 5.74) is 3.83. The molecule has 2 aromatic carbocycles. The molecule has 0 aromatic heterocycles. The van der Waals surface area contributed by atoms with E-state index in [1.54, 1.807) is 0 Å². The molecule has 0 saturated carbocycles. The van der Waals surface area contributed by atoms with Crippen LogP contribution in [0.2, 0.25) is 0 Å². The molecule has 0 heterocycles. The zero-order chi connectivity index (χ0) is 17.7. The third kappa shape index (κ3) is 4.25. The van der Waals surface area contributed by atoms with Crippen molar-refractivity contribution < 1.29 is 19.4 Å². The predicted octanol–water partition coefficient (Wildman–Crippen LogP) is 3.47. The number of hydrogen-bond acceptors (Lipinski definition) is 3. The number of aromatic carboxylic acids is 1. The summed E-state index contributed by atoms with van der Waals surface area (Å²) >= 11 is 0. The summed E-state index contributed by atoms with van der Waals surface area (Å²) in [5.74, 6) is -0.246. The van der Waals surface area contributed by atoms with E-state index in [-0.39, 0.29) is 12.3 Å². The Labute approximate surface area is 140 Å². The number of carboxylic acids is 1. The van der Waals surface area contributed by atoms with Gasteiger partial charge in [-0.2, -0.15) is 0 Å². The number of carbonyl (C=O) groups excluding carboxylic acids is 1. The Bertz CT molecular complexity index is 754. The van der Waals surface area contributed by atoms with Crippen LogP contribution >= 0.6 is 0 Å². The largest absolute Gasteiger partial charge is 0.478 e. The zero-order valence-electron chi connectivity index (χ0n) is 13.8. The molecule has 126 valence electrons. The number of aryl methyl sites for hydroxylation is 2. The fraction of sp³-hybridized carbons (Fsp3) is 0.222. The second-order valence-electron chi connectivity index (χ2n) is 5.46. The second-order valence-corrected chi connectivity index (χ2v) is 5.46. The van der Waals surface area contributed by atoms with Gasteiger partial charge in [-0.25, -0.2) is 9.59 Å². The van der Waals surface area contributed by atoms with E-state index in [1.807, 2.05) is 32.9 Å². The Morgan fingerprint density at radius 1 is 1.00 bits per heavy atom. The van der Waals surface area contributed by atoms with Gasteiger partial charge in [0.2, 0.25) is 0 Å². The van der Waals surface area contributed by atoms with Crippen molar-refractivity contribution in [3.05, 3.63) is 58.7 Å². The third-order valence-electron chi connectivity index (χ3n) is 3.71. The van der Waals surface area contributed by atoms with Gasteiger partial charge in [-0.3, -0.25) is 0 Å². The summed E-state index contributed by atoms with van der Waals surface area (Å²) in [6.45, 7) is 5.96. The standard InChI is InChI=1S/C18H20N2O4/c1-11-4-5-12(2)16(13(11)3)24-10-19-18(23)20-15-8-6-14(7-9-15)17(21)22/h4-9H,10H2,1-3H3,(H,21,22)(H2,19,20,23).